The van der Waals surface area contributed by atoms with Crippen LogP contribution in [0.15, 0.2) is 35.4 Å². The van der Waals surface area contributed by atoms with Gasteiger partial charge in [0.15, 0.2) is 0 Å². The van der Waals surface area contributed by atoms with Crippen LogP contribution in [0.2, 0.25) is 0 Å². The van der Waals surface area contributed by atoms with Gasteiger partial charge in [-0.2, -0.15) is 18.3 Å². The molecule has 0 amide bonds. The Bertz CT molecular complexity index is 1070. The van der Waals surface area contributed by atoms with Crippen LogP contribution in [0.3, 0.4) is 0 Å². The average Bonchev–Trinajstić information content (AvgIpc) is 2.70. The van der Waals surface area contributed by atoms with Crippen LogP contribution in [0.5, 0.6) is 5.75 Å². The molecule has 2 aromatic carbocycles. The molecule has 0 fully saturated rings. The molecule has 10 heteroatoms. The van der Waals surface area contributed by atoms with Crippen molar-refractivity contribution in [1.82, 2.24) is 0 Å². The van der Waals surface area contributed by atoms with Gasteiger partial charge in [-0.1, -0.05) is 6.92 Å². The van der Waals surface area contributed by atoms with Crippen molar-refractivity contribution in [2.45, 2.75) is 44.8 Å². The number of anilines is 2. The molecular formula is C22H25F3N4O3. The lowest BCUT2D eigenvalue weighted by Gasteiger charge is -2.45. The molecule has 0 bridgehead atoms. The van der Waals surface area contributed by atoms with Crippen molar-refractivity contribution < 1.29 is 22.8 Å². The highest BCUT2D eigenvalue weighted by Crippen LogP contribution is 2.44. The normalized spacial score (nSPS) is 17.9. The van der Waals surface area contributed by atoms with Gasteiger partial charge in [-0.25, -0.2) is 0 Å². The van der Waals surface area contributed by atoms with Gasteiger partial charge in [0, 0.05) is 36.0 Å². The quantitative estimate of drug-likeness (QED) is 0.354. The lowest BCUT2D eigenvalue weighted by molar-refractivity contribution is -0.384. The van der Waals surface area contributed by atoms with E-state index in [1.807, 2.05) is 19.2 Å². The standard InChI is InChI=1S/C22H25F3N4O3/c1-13-11-21(2,3)28(4)18-10-20(32-5)14(8-16(13)18)12-26-27-17-7-6-15(22(23,24)25)9-19(17)29(30)31/h6-10,12-13,27H,11H2,1-5H3/b26-12+. The SMILES string of the molecule is COc1cc2c(cc1/C=N/Nc1ccc(C(F)(F)F)cc1[N+](=O)[O-])C(C)CC(C)(C)N2C. The molecule has 7 nitrogen and oxygen atoms in total. The van der Waals surface area contributed by atoms with Crippen LogP contribution in [-0.2, 0) is 6.18 Å². The maximum Gasteiger partial charge on any atom is 0.416 e. The molecule has 1 unspecified atom stereocenters. The summed E-state index contributed by atoms with van der Waals surface area (Å²) in [5.74, 6) is 0.853. The lowest BCUT2D eigenvalue weighted by Crippen LogP contribution is -2.45. The topological polar surface area (TPSA) is 80.0 Å². The molecule has 0 saturated heterocycles. The van der Waals surface area contributed by atoms with Crippen LogP contribution in [0.4, 0.5) is 30.2 Å². The van der Waals surface area contributed by atoms with E-state index in [1.54, 1.807) is 0 Å². The van der Waals surface area contributed by atoms with Gasteiger partial charge in [-0.05, 0) is 49.9 Å². The first-order chi connectivity index (χ1) is 14.8. The maximum absolute atomic E-state index is 12.9. The van der Waals surface area contributed by atoms with Gasteiger partial charge in [-0.3, -0.25) is 15.5 Å². The number of nitrogens with zero attached hydrogens (tertiary/aromatic N) is 3. The van der Waals surface area contributed by atoms with E-state index < -0.39 is 22.4 Å². The van der Waals surface area contributed by atoms with Crippen LogP contribution in [0, 0.1) is 10.1 Å². The van der Waals surface area contributed by atoms with E-state index >= 15 is 0 Å². The van der Waals surface area contributed by atoms with E-state index in [4.69, 9.17) is 4.74 Å². The molecule has 1 aliphatic heterocycles. The predicted octanol–water partition coefficient (Wildman–Crippen LogP) is 5.79. The molecule has 172 valence electrons. The van der Waals surface area contributed by atoms with Crippen molar-refractivity contribution in [1.29, 1.82) is 0 Å². The Labute approximate surface area is 184 Å². The fourth-order valence-corrected chi connectivity index (χ4v) is 4.01. The number of hydrogen-bond acceptors (Lipinski definition) is 6. The number of nitro groups is 1. The molecular weight excluding hydrogens is 425 g/mol. The number of ether oxygens (including phenoxy) is 1. The highest BCUT2D eigenvalue weighted by Gasteiger charge is 2.35. The number of benzene rings is 2. The van der Waals surface area contributed by atoms with Gasteiger partial charge < -0.3 is 9.64 Å². The van der Waals surface area contributed by atoms with Crippen molar-refractivity contribution in [3.8, 4) is 5.75 Å². The molecule has 0 aliphatic carbocycles. The van der Waals surface area contributed by atoms with Crippen molar-refractivity contribution in [2.75, 3.05) is 24.5 Å². The third kappa shape index (κ3) is 4.49. The summed E-state index contributed by atoms with van der Waals surface area (Å²) < 4.78 is 44.1. The summed E-state index contributed by atoms with van der Waals surface area (Å²) in [6.07, 6.45) is -2.29. The Kier molecular flexibility index (Phi) is 6.08. The zero-order valence-electron chi connectivity index (χ0n) is 18.4. The number of hydrogen-bond donors (Lipinski definition) is 1. The molecule has 1 atom stereocenters. The Balaban J connectivity index is 1.93. The zero-order valence-corrected chi connectivity index (χ0v) is 18.4. The first-order valence-electron chi connectivity index (χ1n) is 9.95. The van der Waals surface area contributed by atoms with Crippen LogP contribution in [0.1, 0.15) is 49.8 Å². The first-order valence-corrected chi connectivity index (χ1v) is 9.95. The fraction of sp³-hybridized carbons (Fsp3) is 0.409. The molecule has 32 heavy (non-hydrogen) atoms. The second-order valence-corrected chi connectivity index (χ2v) is 8.49. The van der Waals surface area contributed by atoms with Crippen LogP contribution < -0.4 is 15.1 Å². The third-order valence-corrected chi connectivity index (χ3v) is 5.90. The predicted molar refractivity (Wildman–Crippen MR) is 118 cm³/mol. The molecule has 1 N–H and O–H groups in total. The Morgan fingerprint density at radius 3 is 2.59 bits per heavy atom. The van der Waals surface area contributed by atoms with Gasteiger partial charge >= 0.3 is 6.18 Å². The molecule has 1 heterocycles. The average molecular weight is 450 g/mol. The number of nitrogens with one attached hydrogen (secondary N) is 1. The minimum Gasteiger partial charge on any atom is -0.496 e. The van der Waals surface area contributed by atoms with E-state index in [0.29, 0.717) is 23.3 Å². The van der Waals surface area contributed by atoms with Gasteiger partial charge in [0.1, 0.15) is 11.4 Å². The second-order valence-electron chi connectivity index (χ2n) is 8.49. The summed E-state index contributed by atoms with van der Waals surface area (Å²) in [4.78, 5) is 12.6. The largest absolute Gasteiger partial charge is 0.496 e. The van der Waals surface area contributed by atoms with Crippen molar-refractivity contribution >= 4 is 23.3 Å². The van der Waals surface area contributed by atoms with E-state index in [2.05, 4.69) is 36.2 Å². The lowest BCUT2D eigenvalue weighted by atomic mass is 9.80. The highest BCUT2D eigenvalue weighted by molar-refractivity contribution is 5.87. The van der Waals surface area contributed by atoms with Crippen LogP contribution in [-0.4, -0.2) is 30.8 Å². The second kappa shape index (κ2) is 8.33. The number of halogens is 3. The summed E-state index contributed by atoms with van der Waals surface area (Å²) in [6, 6.07) is 6.12. The molecule has 3 rings (SSSR count). The summed E-state index contributed by atoms with van der Waals surface area (Å²) in [5.41, 5.74) is 3.32. The van der Waals surface area contributed by atoms with Crippen molar-refractivity contribution in [2.24, 2.45) is 5.10 Å². The van der Waals surface area contributed by atoms with Crippen LogP contribution in [0.25, 0.3) is 0 Å². The monoisotopic (exact) mass is 450 g/mol. The number of fused-ring (bicyclic) bond motifs is 1. The van der Waals surface area contributed by atoms with Gasteiger partial charge in [0.05, 0.1) is 23.8 Å². The number of hydrazone groups is 1. The summed E-state index contributed by atoms with van der Waals surface area (Å²) in [6.45, 7) is 6.50. The third-order valence-electron chi connectivity index (χ3n) is 5.90. The summed E-state index contributed by atoms with van der Waals surface area (Å²) in [7, 11) is 3.56. The molecule has 2 aromatic rings. The maximum atomic E-state index is 12.9. The molecule has 0 radical (unpaired) electrons. The van der Waals surface area contributed by atoms with E-state index in [1.165, 1.54) is 13.3 Å². The minimum absolute atomic E-state index is 0.0178. The number of rotatable bonds is 5. The van der Waals surface area contributed by atoms with Crippen molar-refractivity contribution in [3.05, 3.63) is 57.1 Å². The van der Waals surface area contributed by atoms with E-state index in [9.17, 15) is 23.3 Å². The fourth-order valence-electron chi connectivity index (χ4n) is 4.01. The molecule has 1 aliphatic rings. The summed E-state index contributed by atoms with van der Waals surface area (Å²) in [5, 5.41) is 15.3. The minimum atomic E-state index is -4.68. The van der Waals surface area contributed by atoms with Crippen LogP contribution >= 0.6 is 0 Å². The Hall–Kier alpha value is -3.30. The van der Waals surface area contributed by atoms with E-state index in [-0.39, 0.29) is 11.2 Å². The van der Waals surface area contributed by atoms with Crippen molar-refractivity contribution in [3.63, 3.8) is 0 Å². The number of alkyl halides is 3. The number of nitro benzene ring substituents is 1. The first kappa shape index (κ1) is 23.4. The van der Waals surface area contributed by atoms with E-state index in [0.717, 1.165) is 29.8 Å². The molecule has 0 saturated carbocycles. The number of methoxy groups -OCH3 is 1. The Morgan fingerprint density at radius 2 is 2.00 bits per heavy atom. The van der Waals surface area contributed by atoms with Gasteiger partial charge in [0.25, 0.3) is 5.69 Å². The Morgan fingerprint density at radius 1 is 1.31 bits per heavy atom. The van der Waals surface area contributed by atoms with Gasteiger partial charge in [0.2, 0.25) is 0 Å². The zero-order chi connectivity index (χ0) is 23.8. The molecule has 0 aromatic heterocycles. The molecule has 0 spiro atoms. The smallest absolute Gasteiger partial charge is 0.416 e. The van der Waals surface area contributed by atoms with Gasteiger partial charge in [-0.15, -0.1) is 0 Å². The highest BCUT2D eigenvalue weighted by atomic mass is 19.4. The summed E-state index contributed by atoms with van der Waals surface area (Å²) >= 11 is 0.